The molecule has 1 rings (SSSR count). The van der Waals surface area contributed by atoms with Crippen LogP contribution in [0.25, 0.3) is 0 Å². The van der Waals surface area contributed by atoms with Crippen molar-refractivity contribution in [2.45, 2.75) is 38.6 Å². The van der Waals surface area contributed by atoms with Crippen LogP contribution in [0.3, 0.4) is 0 Å². The maximum absolute atomic E-state index is 9.59. The second-order valence-electron chi connectivity index (χ2n) is 3.94. The summed E-state index contributed by atoms with van der Waals surface area (Å²) in [4.78, 5) is 0. The fourth-order valence-corrected chi connectivity index (χ4v) is 2.80. The molecular formula is C12H17Br2NO. The Morgan fingerprint density at radius 3 is 2.31 bits per heavy atom. The van der Waals surface area contributed by atoms with E-state index < -0.39 is 0 Å². The molecular weight excluding hydrogens is 334 g/mol. The summed E-state index contributed by atoms with van der Waals surface area (Å²) in [5.74, 6) is 0.226. The molecule has 0 unspecified atom stereocenters. The lowest BCUT2D eigenvalue weighted by atomic mass is 10.0. The first-order chi connectivity index (χ1) is 7.56. The average Bonchev–Trinajstić information content (AvgIpc) is 2.25. The Balaban J connectivity index is 2.72. The van der Waals surface area contributed by atoms with Crippen molar-refractivity contribution in [1.29, 1.82) is 0 Å². The smallest absolute Gasteiger partial charge is 0.143 e. The van der Waals surface area contributed by atoms with Crippen molar-refractivity contribution in [3.8, 4) is 5.75 Å². The third kappa shape index (κ3) is 3.75. The van der Waals surface area contributed by atoms with Gasteiger partial charge in [0.1, 0.15) is 5.75 Å². The topological polar surface area (TPSA) is 46.2 Å². The second kappa shape index (κ2) is 6.62. The number of benzene rings is 1. The Kier molecular flexibility index (Phi) is 5.79. The van der Waals surface area contributed by atoms with E-state index in [0.717, 1.165) is 18.4 Å². The number of rotatable bonds is 5. The van der Waals surface area contributed by atoms with Gasteiger partial charge in [0.2, 0.25) is 0 Å². The highest BCUT2D eigenvalue weighted by Gasteiger charge is 2.11. The van der Waals surface area contributed by atoms with Crippen LogP contribution in [0, 0.1) is 0 Å². The first kappa shape index (κ1) is 14.0. The van der Waals surface area contributed by atoms with Gasteiger partial charge in [-0.15, -0.1) is 0 Å². The highest BCUT2D eigenvalue weighted by atomic mass is 79.9. The molecule has 0 aliphatic rings. The van der Waals surface area contributed by atoms with Crippen LogP contribution in [-0.4, -0.2) is 5.11 Å². The normalized spacial score (nSPS) is 12.8. The van der Waals surface area contributed by atoms with Gasteiger partial charge in [0, 0.05) is 6.04 Å². The summed E-state index contributed by atoms with van der Waals surface area (Å²) in [6.45, 7) is 2.18. The van der Waals surface area contributed by atoms with E-state index in [4.69, 9.17) is 5.73 Å². The number of hydrogen-bond acceptors (Lipinski definition) is 2. The molecule has 0 bridgehead atoms. The first-order valence-corrected chi connectivity index (χ1v) is 7.08. The van der Waals surface area contributed by atoms with Crippen molar-refractivity contribution < 1.29 is 5.11 Å². The molecule has 0 heterocycles. The SMILES string of the molecule is CCCCC[C@@H](N)c1cc(Br)c(O)c(Br)c1. The quantitative estimate of drug-likeness (QED) is 0.768. The molecule has 0 aliphatic carbocycles. The van der Waals surface area contributed by atoms with Crippen LogP contribution in [-0.2, 0) is 0 Å². The third-order valence-corrected chi connectivity index (χ3v) is 3.80. The molecule has 0 fully saturated rings. The Labute approximate surface area is 113 Å². The van der Waals surface area contributed by atoms with Crippen LogP contribution in [0.15, 0.2) is 21.1 Å². The van der Waals surface area contributed by atoms with Crippen LogP contribution in [0.4, 0.5) is 0 Å². The zero-order valence-corrected chi connectivity index (χ0v) is 12.5. The molecule has 1 aromatic carbocycles. The van der Waals surface area contributed by atoms with E-state index in [1.807, 2.05) is 12.1 Å². The summed E-state index contributed by atoms with van der Waals surface area (Å²) >= 11 is 6.62. The van der Waals surface area contributed by atoms with Crippen LogP contribution in [0.1, 0.15) is 44.2 Å². The van der Waals surface area contributed by atoms with Crippen molar-refractivity contribution >= 4 is 31.9 Å². The molecule has 0 radical (unpaired) electrons. The summed E-state index contributed by atoms with van der Waals surface area (Å²) in [5.41, 5.74) is 7.15. The van der Waals surface area contributed by atoms with Gasteiger partial charge < -0.3 is 10.8 Å². The maximum Gasteiger partial charge on any atom is 0.143 e. The second-order valence-corrected chi connectivity index (χ2v) is 5.64. The Morgan fingerprint density at radius 1 is 1.25 bits per heavy atom. The summed E-state index contributed by atoms with van der Waals surface area (Å²) in [6, 6.07) is 3.81. The van der Waals surface area contributed by atoms with Crippen LogP contribution in [0.5, 0.6) is 5.75 Å². The molecule has 2 nitrogen and oxygen atoms in total. The summed E-state index contributed by atoms with van der Waals surface area (Å²) in [7, 11) is 0. The lowest BCUT2D eigenvalue weighted by molar-refractivity contribution is 0.467. The van der Waals surface area contributed by atoms with E-state index in [1.54, 1.807) is 0 Å². The van der Waals surface area contributed by atoms with E-state index in [1.165, 1.54) is 12.8 Å². The Bertz CT molecular complexity index is 332. The highest BCUT2D eigenvalue weighted by Crippen LogP contribution is 2.35. The maximum atomic E-state index is 9.59. The zero-order chi connectivity index (χ0) is 12.1. The molecule has 0 aliphatic heterocycles. The molecule has 0 saturated carbocycles. The number of halogens is 2. The molecule has 0 aromatic heterocycles. The molecule has 0 amide bonds. The van der Waals surface area contributed by atoms with Gasteiger partial charge in [-0.2, -0.15) is 0 Å². The number of phenols is 1. The fraction of sp³-hybridized carbons (Fsp3) is 0.500. The zero-order valence-electron chi connectivity index (χ0n) is 9.34. The minimum Gasteiger partial charge on any atom is -0.506 e. The van der Waals surface area contributed by atoms with Gasteiger partial charge in [0.15, 0.2) is 0 Å². The molecule has 4 heteroatoms. The van der Waals surface area contributed by atoms with Crippen LogP contribution < -0.4 is 5.73 Å². The van der Waals surface area contributed by atoms with E-state index >= 15 is 0 Å². The van der Waals surface area contributed by atoms with Gasteiger partial charge in [0.25, 0.3) is 0 Å². The molecule has 1 atom stereocenters. The summed E-state index contributed by atoms with van der Waals surface area (Å²) in [6.07, 6.45) is 4.55. The molecule has 0 spiro atoms. The lowest BCUT2D eigenvalue weighted by Crippen LogP contribution is -2.10. The molecule has 0 saturated heterocycles. The number of phenolic OH excluding ortho intramolecular Hbond substituents is 1. The summed E-state index contributed by atoms with van der Waals surface area (Å²) < 4.78 is 1.37. The average molecular weight is 351 g/mol. The van der Waals surface area contributed by atoms with Crippen molar-refractivity contribution in [1.82, 2.24) is 0 Å². The van der Waals surface area contributed by atoms with E-state index in [0.29, 0.717) is 8.95 Å². The van der Waals surface area contributed by atoms with Crippen molar-refractivity contribution in [3.05, 3.63) is 26.6 Å². The predicted molar refractivity (Wildman–Crippen MR) is 74.6 cm³/mol. The standard InChI is InChI=1S/C12H17Br2NO/c1-2-3-4-5-11(15)8-6-9(13)12(16)10(14)7-8/h6-7,11,16H,2-5,15H2,1H3/t11-/m1/s1. The lowest BCUT2D eigenvalue weighted by Gasteiger charge is -2.13. The monoisotopic (exact) mass is 349 g/mol. The molecule has 90 valence electrons. The van der Waals surface area contributed by atoms with Crippen LogP contribution in [0.2, 0.25) is 0 Å². The summed E-state index contributed by atoms with van der Waals surface area (Å²) in [5, 5.41) is 9.59. The van der Waals surface area contributed by atoms with Gasteiger partial charge in [-0.1, -0.05) is 26.2 Å². The van der Waals surface area contributed by atoms with Gasteiger partial charge in [-0.3, -0.25) is 0 Å². The molecule has 3 N–H and O–H groups in total. The van der Waals surface area contributed by atoms with Gasteiger partial charge in [-0.05, 0) is 56.0 Å². The molecule has 16 heavy (non-hydrogen) atoms. The van der Waals surface area contributed by atoms with E-state index in [2.05, 4.69) is 38.8 Å². The van der Waals surface area contributed by atoms with Gasteiger partial charge in [0.05, 0.1) is 8.95 Å². The van der Waals surface area contributed by atoms with E-state index in [-0.39, 0.29) is 11.8 Å². The Morgan fingerprint density at radius 2 is 1.81 bits per heavy atom. The highest BCUT2D eigenvalue weighted by molar-refractivity contribution is 9.11. The van der Waals surface area contributed by atoms with Crippen molar-refractivity contribution in [2.24, 2.45) is 5.73 Å². The number of nitrogens with two attached hydrogens (primary N) is 1. The predicted octanol–water partition coefficient (Wildman–Crippen LogP) is 4.50. The van der Waals surface area contributed by atoms with Gasteiger partial charge in [-0.25, -0.2) is 0 Å². The minimum absolute atomic E-state index is 0.0414. The number of aromatic hydroxyl groups is 1. The minimum atomic E-state index is 0.0414. The first-order valence-electron chi connectivity index (χ1n) is 5.49. The van der Waals surface area contributed by atoms with Crippen molar-refractivity contribution in [2.75, 3.05) is 0 Å². The largest absolute Gasteiger partial charge is 0.506 e. The fourth-order valence-electron chi connectivity index (χ4n) is 1.58. The van der Waals surface area contributed by atoms with Gasteiger partial charge >= 0.3 is 0 Å². The van der Waals surface area contributed by atoms with Crippen LogP contribution >= 0.6 is 31.9 Å². The van der Waals surface area contributed by atoms with E-state index in [9.17, 15) is 5.11 Å². The number of hydrogen-bond donors (Lipinski definition) is 2. The Hall–Kier alpha value is -0.0600. The number of unbranched alkanes of at least 4 members (excludes halogenated alkanes) is 2. The third-order valence-electron chi connectivity index (χ3n) is 2.59. The molecule has 1 aromatic rings. The van der Waals surface area contributed by atoms with Crippen molar-refractivity contribution in [3.63, 3.8) is 0 Å².